The number of hydrogen-bond acceptors (Lipinski definition) is 4. The Morgan fingerprint density at radius 1 is 1.32 bits per heavy atom. The summed E-state index contributed by atoms with van der Waals surface area (Å²) in [5, 5.41) is 6.14. The molecule has 1 aliphatic rings. The van der Waals surface area contributed by atoms with Gasteiger partial charge in [-0.1, -0.05) is 17.7 Å². The Bertz CT molecular complexity index is 593. The van der Waals surface area contributed by atoms with Crippen LogP contribution < -0.4 is 15.4 Å². The highest BCUT2D eigenvalue weighted by Crippen LogP contribution is 2.09. The lowest BCUT2D eigenvalue weighted by Crippen LogP contribution is -2.46. The Kier molecular flexibility index (Phi) is 5.93. The zero-order chi connectivity index (χ0) is 16.0. The van der Waals surface area contributed by atoms with Gasteiger partial charge >= 0.3 is 0 Å². The molecule has 22 heavy (non-hydrogen) atoms. The third kappa shape index (κ3) is 5.08. The first-order valence-electron chi connectivity index (χ1n) is 7.54. The zero-order valence-electron chi connectivity index (χ0n) is 12.8. The number of rotatable bonds is 6. The molecule has 1 fully saturated rings. The lowest BCUT2D eigenvalue weighted by atomic mass is 10.1. The van der Waals surface area contributed by atoms with E-state index in [4.69, 9.17) is 0 Å². The molecule has 3 N–H and O–H groups in total. The first-order chi connectivity index (χ1) is 10.5. The van der Waals surface area contributed by atoms with Gasteiger partial charge in [-0.3, -0.25) is 4.79 Å². The van der Waals surface area contributed by atoms with Crippen LogP contribution in [0.15, 0.2) is 29.2 Å². The largest absolute Gasteiger partial charge is 0.352 e. The van der Waals surface area contributed by atoms with Crippen LogP contribution in [0.4, 0.5) is 0 Å². The smallest absolute Gasteiger partial charge is 0.240 e. The molecule has 0 bridgehead atoms. The van der Waals surface area contributed by atoms with Gasteiger partial charge in [0.25, 0.3) is 0 Å². The standard InChI is InChI=1S/C15H23N3O3S/c1-12-4-6-14(7-5-12)22(20,21)17-10-8-15(19)18-13-3-2-9-16-11-13/h4-7,13,16-17H,2-3,8-11H2,1H3,(H,18,19)/t13-/m0/s1. The Labute approximate surface area is 131 Å². The number of benzene rings is 1. The molecule has 2 rings (SSSR count). The maximum absolute atomic E-state index is 12.1. The summed E-state index contributed by atoms with van der Waals surface area (Å²) >= 11 is 0. The molecule has 7 heteroatoms. The fourth-order valence-corrected chi connectivity index (χ4v) is 3.41. The predicted octanol–water partition coefficient (Wildman–Crippen LogP) is 0.532. The van der Waals surface area contributed by atoms with Crippen LogP contribution in [-0.2, 0) is 14.8 Å². The second kappa shape index (κ2) is 7.71. The van der Waals surface area contributed by atoms with Gasteiger partial charge in [-0.05, 0) is 38.4 Å². The molecule has 0 aromatic heterocycles. The van der Waals surface area contributed by atoms with Gasteiger partial charge in [0.05, 0.1) is 4.90 Å². The van der Waals surface area contributed by atoms with Gasteiger partial charge in [0, 0.05) is 25.6 Å². The van der Waals surface area contributed by atoms with Gasteiger partial charge in [-0.25, -0.2) is 13.1 Å². The average Bonchev–Trinajstić information content (AvgIpc) is 2.48. The zero-order valence-corrected chi connectivity index (χ0v) is 13.6. The molecule has 1 amide bonds. The van der Waals surface area contributed by atoms with Gasteiger partial charge in [0.15, 0.2) is 0 Å². The number of carbonyl (C=O) groups is 1. The summed E-state index contributed by atoms with van der Waals surface area (Å²) in [5.41, 5.74) is 0.999. The minimum Gasteiger partial charge on any atom is -0.352 e. The van der Waals surface area contributed by atoms with E-state index in [1.54, 1.807) is 24.3 Å². The number of hydrogen-bond donors (Lipinski definition) is 3. The van der Waals surface area contributed by atoms with Crippen LogP contribution in [0.1, 0.15) is 24.8 Å². The molecule has 1 heterocycles. The van der Waals surface area contributed by atoms with E-state index in [2.05, 4.69) is 15.4 Å². The van der Waals surface area contributed by atoms with Crippen molar-refractivity contribution in [1.29, 1.82) is 0 Å². The second-order valence-corrected chi connectivity index (χ2v) is 7.34. The lowest BCUT2D eigenvalue weighted by molar-refractivity contribution is -0.121. The Hall–Kier alpha value is -1.44. The first kappa shape index (κ1) is 16.9. The van der Waals surface area contributed by atoms with E-state index in [-0.39, 0.29) is 29.8 Å². The predicted molar refractivity (Wildman–Crippen MR) is 85.0 cm³/mol. The average molecular weight is 325 g/mol. The second-order valence-electron chi connectivity index (χ2n) is 5.57. The summed E-state index contributed by atoms with van der Waals surface area (Å²) in [7, 11) is -3.55. The summed E-state index contributed by atoms with van der Waals surface area (Å²) in [6.07, 6.45) is 2.15. The molecule has 0 spiro atoms. The van der Waals surface area contributed by atoms with Crippen LogP contribution in [0.25, 0.3) is 0 Å². The number of aryl methyl sites for hydroxylation is 1. The fourth-order valence-electron chi connectivity index (χ4n) is 2.37. The molecule has 122 valence electrons. The van der Waals surface area contributed by atoms with Crippen molar-refractivity contribution in [1.82, 2.24) is 15.4 Å². The van der Waals surface area contributed by atoms with Crippen LogP contribution in [0, 0.1) is 6.92 Å². The van der Waals surface area contributed by atoms with Crippen LogP contribution in [0.5, 0.6) is 0 Å². The molecule has 1 atom stereocenters. The molecular weight excluding hydrogens is 302 g/mol. The highest BCUT2D eigenvalue weighted by Gasteiger charge is 2.17. The van der Waals surface area contributed by atoms with Gasteiger partial charge in [0.2, 0.25) is 15.9 Å². The fraction of sp³-hybridized carbons (Fsp3) is 0.533. The van der Waals surface area contributed by atoms with Crippen molar-refractivity contribution in [3.63, 3.8) is 0 Å². The van der Waals surface area contributed by atoms with Crippen molar-refractivity contribution in [2.45, 2.75) is 37.1 Å². The number of carbonyl (C=O) groups excluding carboxylic acids is 1. The van der Waals surface area contributed by atoms with Crippen LogP contribution in [0.3, 0.4) is 0 Å². The van der Waals surface area contributed by atoms with Gasteiger partial charge in [0.1, 0.15) is 0 Å². The van der Waals surface area contributed by atoms with E-state index in [1.807, 2.05) is 6.92 Å². The normalized spacial score (nSPS) is 18.9. The molecule has 1 aromatic rings. The van der Waals surface area contributed by atoms with Crippen LogP contribution in [0.2, 0.25) is 0 Å². The van der Waals surface area contributed by atoms with Crippen molar-refractivity contribution >= 4 is 15.9 Å². The molecule has 1 aliphatic heterocycles. The number of sulfonamides is 1. The monoisotopic (exact) mass is 325 g/mol. The van der Waals surface area contributed by atoms with Crippen molar-refractivity contribution in [3.8, 4) is 0 Å². The van der Waals surface area contributed by atoms with Crippen molar-refractivity contribution < 1.29 is 13.2 Å². The Morgan fingerprint density at radius 2 is 2.05 bits per heavy atom. The summed E-state index contributed by atoms with van der Waals surface area (Å²) in [6.45, 7) is 3.76. The third-order valence-electron chi connectivity index (χ3n) is 3.64. The summed E-state index contributed by atoms with van der Waals surface area (Å²) < 4.78 is 26.6. The maximum Gasteiger partial charge on any atom is 0.240 e. The van der Waals surface area contributed by atoms with E-state index >= 15 is 0 Å². The van der Waals surface area contributed by atoms with E-state index in [0.717, 1.165) is 31.5 Å². The summed E-state index contributed by atoms with van der Waals surface area (Å²) in [5.74, 6) is -0.125. The molecule has 1 aromatic carbocycles. The Morgan fingerprint density at radius 3 is 2.68 bits per heavy atom. The maximum atomic E-state index is 12.1. The van der Waals surface area contributed by atoms with E-state index in [1.165, 1.54) is 0 Å². The number of nitrogens with one attached hydrogen (secondary N) is 3. The number of amides is 1. The van der Waals surface area contributed by atoms with Crippen molar-refractivity contribution in [3.05, 3.63) is 29.8 Å². The van der Waals surface area contributed by atoms with Crippen molar-refractivity contribution in [2.24, 2.45) is 0 Å². The molecule has 1 saturated heterocycles. The highest BCUT2D eigenvalue weighted by molar-refractivity contribution is 7.89. The molecular formula is C15H23N3O3S. The quantitative estimate of drug-likeness (QED) is 0.712. The number of piperidine rings is 1. The molecule has 0 unspecified atom stereocenters. The summed E-state index contributed by atoms with van der Waals surface area (Å²) in [4.78, 5) is 12.0. The minimum absolute atomic E-state index is 0.0994. The van der Waals surface area contributed by atoms with Gasteiger partial charge in [-0.15, -0.1) is 0 Å². The van der Waals surface area contributed by atoms with E-state index < -0.39 is 10.0 Å². The summed E-state index contributed by atoms with van der Waals surface area (Å²) in [6, 6.07) is 6.76. The molecule has 0 radical (unpaired) electrons. The first-order valence-corrected chi connectivity index (χ1v) is 9.02. The SMILES string of the molecule is Cc1ccc(S(=O)(=O)NCCC(=O)N[C@H]2CCCNC2)cc1. The van der Waals surface area contributed by atoms with Crippen molar-refractivity contribution in [2.75, 3.05) is 19.6 Å². The van der Waals surface area contributed by atoms with E-state index in [9.17, 15) is 13.2 Å². The van der Waals surface area contributed by atoms with Gasteiger partial charge < -0.3 is 10.6 Å². The molecule has 0 saturated carbocycles. The lowest BCUT2D eigenvalue weighted by Gasteiger charge is -2.23. The highest BCUT2D eigenvalue weighted by atomic mass is 32.2. The topological polar surface area (TPSA) is 87.3 Å². The van der Waals surface area contributed by atoms with Crippen LogP contribution >= 0.6 is 0 Å². The third-order valence-corrected chi connectivity index (χ3v) is 5.11. The minimum atomic E-state index is -3.55. The molecule has 6 nitrogen and oxygen atoms in total. The van der Waals surface area contributed by atoms with Crippen LogP contribution in [-0.4, -0.2) is 40.0 Å². The Balaban J connectivity index is 1.77. The molecule has 0 aliphatic carbocycles. The van der Waals surface area contributed by atoms with E-state index in [0.29, 0.717) is 0 Å². The van der Waals surface area contributed by atoms with Gasteiger partial charge in [-0.2, -0.15) is 0 Å².